The number of amides is 1. The molecular formula is C12H10N2O. The smallest absolute Gasteiger partial charge is 0.258 e. The van der Waals surface area contributed by atoms with Crippen LogP contribution < -0.4 is 0 Å². The highest BCUT2D eigenvalue weighted by Crippen LogP contribution is 2.18. The van der Waals surface area contributed by atoms with Gasteiger partial charge in [-0.25, -0.2) is 0 Å². The van der Waals surface area contributed by atoms with Gasteiger partial charge in [0.05, 0.1) is 6.07 Å². The first kappa shape index (κ1) is 9.47. The molecular weight excluding hydrogens is 188 g/mol. The maximum atomic E-state index is 11.9. The van der Waals surface area contributed by atoms with Crippen molar-refractivity contribution in [3.05, 3.63) is 47.7 Å². The zero-order chi connectivity index (χ0) is 10.7. The topological polar surface area (TPSA) is 44.1 Å². The first-order valence-corrected chi connectivity index (χ1v) is 4.78. The molecule has 1 aliphatic rings. The van der Waals surface area contributed by atoms with Gasteiger partial charge in [0, 0.05) is 24.4 Å². The average Bonchev–Trinajstić information content (AvgIpc) is 2.29. The lowest BCUT2D eigenvalue weighted by Crippen LogP contribution is -2.33. The van der Waals surface area contributed by atoms with Crippen molar-refractivity contribution < 1.29 is 4.79 Å². The number of hydrogen-bond donors (Lipinski definition) is 0. The second kappa shape index (κ2) is 3.97. The number of carbonyl (C=O) groups is 1. The predicted molar refractivity (Wildman–Crippen MR) is 55.9 cm³/mol. The SMILES string of the molecule is N#C/C=C\N1CCc2ccccc2C1=O. The van der Waals surface area contributed by atoms with Crippen LogP contribution in [0.2, 0.25) is 0 Å². The fraction of sp³-hybridized carbons (Fsp3) is 0.167. The second-order valence-corrected chi connectivity index (χ2v) is 3.35. The van der Waals surface area contributed by atoms with E-state index in [2.05, 4.69) is 0 Å². The fourth-order valence-electron chi connectivity index (χ4n) is 1.71. The average molecular weight is 198 g/mol. The minimum Gasteiger partial charge on any atom is -0.314 e. The third kappa shape index (κ3) is 1.75. The van der Waals surface area contributed by atoms with Gasteiger partial charge in [-0.05, 0) is 18.1 Å². The molecule has 1 aromatic rings. The summed E-state index contributed by atoms with van der Waals surface area (Å²) in [7, 11) is 0. The number of allylic oxidation sites excluding steroid dienone is 1. The second-order valence-electron chi connectivity index (χ2n) is 3.35. The lowest BCUT2D eigenvalue weighted by molar-refractivity contribution is 0.0809. The van der Waals surface area contributed by atoms with Crippen LogP contribution in [-0.2, 0) is 6.42 Å². The van der Waals surface area contributed by atoms with Gasteiger partial charge in [-0.3, -0.25) is 4.79 Å². The van der Waals surface area contributed by atoms with Crippen LogP contribution in [0.4, 0.5) is 0 Å². The van der Waals surface area contributed by atoms with Gasteiger partial charge in [-0.2, -0.15) is 5.26 Å². The van der Waals surface area contributed by atoms with Crippen LogP contribution in [0.1, 0.15) is 15.9 Å². The number of carbonyl (C=O) groups excluding carboxylic acids is 1. The van der Waals surface area contributed by atoms with E-state index in [1.807, 2.05) is 30.3 Å². The molecule has 0 saturated heterocycles. The van der Waals surface area contributed by atoms with Crippen molar-refractivity contribution in [1.29, 1.82) is 5.26 Å². The highest BCUT2D eigenvalue weighted by atomic mass is 16.2. The van der Waals surface area contributed by atoms with E-state index in [0.29, 0.717) is 6.54 Å². The van der Waals surface area contributed by atoms with Gasteiger partial charge in [0.2, 0.25) is 0 Å². The number of rotatable bonds is 1. The molecule has 0 spiro atoms. The van der Waals surface area contributed by atoms with Gasteiger partial charge in [0.15, 0.2) is 0 Å². The van der Waals surface area contributed by atoms with Gasteiger partial charge in [-0.15, -0.1) is 0 Å². The third-order valence-electron chi connectivity index (χ3n) is 2.46. The van der Waals surface area contributed by atoms with E-state index in [1.165, 1.54) is 12.3 Å². The Kier molecular flexibility index (Phi) is 2.51. The van der Waals surface area contributed by atoms with Gasteiger partial charge in [-0.1, -0.05) is 18.2 Å². The number of benzene rings is 1. The lowest BCUT2D eigenvalue weighted by atomic mass is 9.99. The Balaban J connectivity index is 2.31. The van der Waals surface area contributed by atoms with Crippen LogP contribution in [0.25, 0.3) is 0 Å². The van der Waals surface area contributed by atoms with Crippen LogP contribution >= 0.6 is 0 Å². The van der Waals surface area contributed by atoms with Crippen molar-refractivity contribution in [2.24, 2.45) is 0 Å². The summed E-state index contributed by atoms with van der Waals surface area (Å²) in [5.74, 6) is -0.0247. The van der Waals surface area contributed by atoms with Gasteiger partial charge >= 0.3 is 0 Å². The van der Waals surface area contributed by atoms with Crippen molar-refractivity contribution in [3.8, 4) is 6.07 Å². The summed E-state index contributed by atoms with van der Waals surface area (Å²) in [6.45, 7) is 0.647. The minimum absolute atomic E-state index is 0.0247. The molecule has 1 amide bonds. The van der Waals surface area contributed by atoms with Crippen molar-refractivity contribution in [1.82, 2.24) is 4.90 Å². The Labute approximate surface area is 88.2 Å². The van der Waals surface area contributed by atoms with Crippen molar-refractivity contribution in [2.45, 2.75) is 6.42 Å². The lowest BCUT2D eigenvalue weighted by Gasteiger charge is -2.24. The quantitative estimate of drug-likeness (QED) is 0.645. The summed E-state index contributed by atoms with van der Waals surface area (Å²) in [6.07, 6.45) is 3.71. The van der Waals surface area contributed by atoms with Gasteiger partial charge < -0.3 is 4.90 Å². The van der Waals surface area contributed by atoms with Crippen molar-refractivity contribution >= 4 is 5.91 Å². The minimum atomic E-state index is -0.0247. The standard InChI is InChI=1S/C12H10N2O/c13-7-3-8-14-9-6-10-4-1-2-5-11(10)12(14)15/h1-5,8H,6,9H2/b8-3-. The third-order valence-corrected chi connectivity index (χ3v) is 2.46. The summed E-state index contributed by atoms with van der Waals surface area (Å²) < 4.78 is 0. The van der Waals surface area contributed by atoms with Crippen LogP contribution in [0, 0.1) is 11.3 Å². The molecule has 0 N–H and O–H groups in total. The number of hydrogen-bond acceptors (Lipinski definition) is 2. The van der Waals surface area contributed by atoms with E-state index in [4.69, 9.17) is 5.26 Å². The van der Waals surface area contributed by atoms with Crippen molar-refractivity contribution in [2.75, 3.05) is 6.54 Å². The van der Waals surface area contributed by atoms with Crippen molar-refractivity contribution in [3.63, 3.8) is 0 Å². The fourth-order valence-corrected chi connectivity index (χ4v) is 1.71. The van der Waals surface area contributed by atoms with Crippen LogP contribution in [0.15, 0.2) is 36.5 Å². The highest BCUT2D eigenvalue weighted by molar-refractivity contribution is 5.97. The molecule has 3 nitrogen and oxygen atoms in total. The summed E-state index contributed by atoms with van der Waals surface area (Å²) >= 11 is 0. The Bertz CT molecular complexity index is 457. The molecule has 0 aromatic heterocycles. The van der Waals surface area contributed by atoms with E-state index in [1.54, 1.807) is 4.90 Å². The summed E-state index contributed by atoms with van der Waals surface area (Å²) in [4.78, 5) is 13.5. The summed E-state index contributed by atoms with van der Waals surface area (Å²) in [6, 6.07) is 9.47. The molecule has 1 aliphatic heterocycles. The van der Waals surface area contributed by atoms with Gasteiger partial charge in [0.1, 0.15) is 0 Å². The Morgan fingerprint density at radius 1 is 1.40 bits per heavy atom. The molecule has 0 radical (unpaired) electrons. The zero-order valence-electron chi connectivity index (χ0n) is 8.18. The summed E-state index contributed by atoms with van der Waals surface area (Å²) in [5, 5.41) is 8.40. The molecule has 0 atom stereocenters. The first-order valence-electron chi connectivity index (χ1n) is 4.78. The molecule has 0 unspecified atom stereocenters. The largest absolute Gasteiger partial charge is 0.314 e. The molecule has 0 aliphatic carbocycles. The molecule has 74 valence electrons. The maximum Gasteiger partial charge on any atom is 0.258 e. The van der Waals surface area contributed by atoms with Crippen LogP contribution in [0.3, 0.4) is 0 Å². The van der Waals surface area contributed by atoms with Gasteiger partial charge in [0.25, 0.3) is 5.91 Å². The Morgan fingerprint density at radius 3 is 3.00 bits per heavy atom. The first-order chi connectivity index (χ1) is 7.33. The Hall–Kier alpha value is -2.08. The number of nitriles is 1. The number of nitrogens with zero attached hydrogens (tertiary/aromatic N) is 2. The van der Waals surface area contributed by atoms with E-state index < -0.39 is 0 Å². The highest BCUT2D eigenvalue weighted by Gasteiger charge is 2.21. The molecule has 0 saturated carbocycles. The molecule has 0 bridgehead atoms. The maximum absolute atomic E-state index is 11.9. The van der Waals surface area contributed by atoms with E-state index in [0.717, 1.165) is 17.5 Å². The molecule has 1 heterocycles. The van der Waals surface area contributed by atoms with Crippen LogP contribution in [0.5, 0.6) is 0 Å². The zero-order valence-corrected chi connectivity index (χ0v) is 8.18. The summed E-state index contributed by atoms with van der Waals surface area (Å²) in [5.41, 5.74) is 1.83. The Morgan fingerprint density at radius 2 is 2.20 bits per heavy atom. The molecule has 0 fully saturated rings. The van der Waals surface area contributed by atoms with E-state index in [9.17, 15) is 4.79 Å². The molecule has 1 aromatic carbocycles. The molecule has 2 rings (SSSR count). The van der Waals surface area contributed by atoms with E-state index >= 15 is 0 Å². The monoisotopic (exact) mass is 198 g/mol. The number of fused-ring (bicyclic) bond motifs is 1. The predicted octanol–water partition coefficient (Wildman–Crippen LogP) is 1.72. The van der Waals surface area contributed by atoms with E-state index in [-0.39, 0.29) is 5.91 Å². The van der Waals surface area contributed by atoms with Crippen LogP contribution in [-0.4, -0.2) is 17.4 Å². The molecule has 3 heteroatoms. The molecule has 15 heavy (non-hydrogen) atoms. The normalized spacial score (nSPS) is 15.1.